The maximum Gasteiger partial charge on any atom is 0.274 e. The predicted molar refractivity (Wildman–Crippen MR) is 58.6 cm³/mol. The minimum absolute atomic E-state index is 0.0556. The molecular formula is C11H17N3O. The molecule has 4 heteroatoms. The molecule has 0 atom stereocenters. The van der Waals surface area contributed by atoms with Gasteiger partial charge in [-0.25, -0.2) is 0 Å². The number of nitrogens with zero attached hydrogens (tertiary/aromatic N) is 3. The van der Waals surface area contributed by atoms with E-state index in [2.05, 4.69) is 10.2 Å². The molecule has 0 unspecified atom stereocenters. The van der Waals surface area contributed by atoms with Gasteiger partial charge in [0.2, 0.25) is 0 Å². The lowest BCUT2D eigenvalue weighted by molar-refractivity contribution is 0.0709. The summed E-state index contributed by atoms with van der Waals surface area (Å²) in [6.07, 6.45) is 0. The second-order valence-corrected chi connectivity index (χ2v) is 3.74. The Morgan fingerprint density at radius 3 is 2.47 bits per heavy atom. The van der Waals surface area contributed by atoms with Gasteiger partial charge < -0.3 is 4.90 Å². The normalized spacial score (nSPS) is 10.5. The van der Waals surface area contributed by atoms with Gasteiger partial charge in [0.05, 0.1) is 5.69 Å². The molecule has 1 amide bonds. The van der Waals surface area contributed by atoms with Crippen LogP contribution in [0.2, 0.25) is 0 Å². The lowest BCUT2D eigenvalue weighted by Crippen LogP contribution is -2.37. The zero-order chi connectivity index (χ0) is 11.4. The molecule has 0 aromatic carbocycles. The molecule has 15 heavy (non-hydrogen) atoms. The Morgan fingerprint density at radius 2 is 2.07 bits per heavy atom. The Morgan fingerprint density at radius 1 is 1.40 bits per heavy atom. The van der Waals surface area contributed by atoms with Gasteiger partial charge in [0.15, 0.2) is 5.69 Å². The van der Waals surface area contributed by atoms with E-state index >= 15 is 0 Å². The van der Waals surface area contributed by atoms with Crippen LogP contribution in [0.15, 0.2) is 12.1 Å². The minimum Gasteiger partial charge on any atom is -0.335 e. The average Bonchev–Trinajstić information content (AvgIpc) is 2.19. The first kappa shape index (κ1) is 11.6. The first-order valence-corrected chi connectivity index (χ1v) is 5.17. The molecule has 0 fully saturated rings. The summed E-state index contributed by atoms with van der Waals surface area (Å²) in [6.45, 7) is 8.47. The van der Waals surface area contributed by atoms with Crippen molar-refractivity contribution >= 4 is 5.91 Å². The van der Waals surface area contributed by atoms with E-state index < -0.39 is 0 Å². The minimum atomic E-state index is -0.0556. The lowest BCUT2D eigenvalue weighted by Gasteiger charge is -2.24. The zero-order valence-corrected chi connectivity index (χ0v) is 9.69. The summed E-state index contributed by atoms with van der Waals surface area (Å²) in [4.78, 5) is 13.7. The lowest BCUT2D eigenvalue weighted by atomic mass is 10.2. The van der Waals surface area contributed by atoms with Crippen molar-refractivity contribution in [3.05, 3.63) is 23.5 Å². The third kappa shape index (κ3) is 2.75. The van der Waals surface area contributed by atoms with Crippen LogP contribution in [0.25, 0.3) is 0 Å². The number of aromatic nitrogens is 2. The molecule has 0 spiro atoms. The van der Waals surface area contributed by atoms with Gasteiger partial charge in [0.25, 0.3) is 5.91 Å². The highest BCUT2D eigenvalue weighted by molar-refractivity contribution is 5.92. The number of rotatable bonds is 3. The summed E-state index contributed by atoms with van der Waals surface area (Å²) in [6, 6.07) is 3.70. The van der Waals surface area contributed by atoms with Crippen LogP contribution in [0.1, 0.15) is 37.0 Å². The van der Waals surface area contributed by atoms with E-state index in [9.17, 15) is 4.79 Å². The van der Waals surface area contributed by atoms with Gasteiger partial charge in [-0.3, -0.25) is 4.79 Å². The van der Waals surface area contributed by atoms with Crippen molar-refractivity contribution in [1.29, 1.82) is 0 Å². The maximum absolute atomic E-state index is 12.0. The fourth-order valence-electron chi connectivity index (χ4n) is 1.40. The van der Waals surface area contributed by atoms with Crippen molar-refractivity contribution in [3.8, 4) is 0 Å². The molecule has 0 bridgehead atoms. The molecule has 0 saturated carbocycles. The van der Waals surface area contributed by atoms with Crippen LogP contribution in [0.4, 0.5) is 0 Å². The van der Waals surface area contributed by atoms with Crippen molar-refractivity contribution in [2.75, 3.05) is 6.54 Å². The first-order valence-electron chi connectivity index (χ1n) is 5.17. The predicted octanol–water partition coefficient (Wildman–Crippen LogP) is 1.66. The van der Waals surface area contributed by atoms with E-state index in [1.54, 1.807) is 17.0 Å². The summed E-state index contributed by atoms with van der Waals surface area (Å²) >= 11 is 0. The topological polar surface area (TPSA) is 46.1 Å². The molecule has 0 aliphatic carbocycles. The van der Waals surface area contributed by atoms with Crippen molar-refractivity contribution in [2.24, 2.45) is 0 Å². The number of hydrogen-bond donors (Lipinski definition) is 0. The largest absolute Gasteiger partial charge is 0.335 e. The number of carbonyl (C=O) groups is 1. The average molecular weight is 207 g/mol. The van der Waals surface area contributed by atoms with Gasteiger partial charge >= 0.3 is 0 Å². The van der Waals surface area contributed by atoms with E-state index in [0.29, 0.717) is 12.2 Å². The molecule has 0 aliphatic rings. The second kappa shape index (κ2) is 4.87. The molecule has 0 aliphatic heterocycles. The van der Waals surface area contributed by atoms with Crippen LogP contribution in [-0.2, 0) is 0 Å². The molecule has 1 heterocycles. The summed E-state index contributed by atoms with van der Waals surface area (Å²) in [7, 11) is 0. The maximum atomic E-state index is 12.0. The van der Waals surface area contributed by atoms with Crippen molar-refractivity contribution in [2.45, 2.75) is 33.7 Å². The third-order valence-electron chi connectivity index (χ3n) is 2.24. The Labute approximate surface area is 90.3 Å². The Balaban J connectivity index is 2.88. The summed E-state index contributed by atoms with van der Waals surface area (Å²) < 4.78 is 0. The number of hydrogen-bond acceptors (Lipinski definition) is 3. The molecule has 1 aromatic heterocycles. The Kier molecular flexibility index (Phi) is 3.77. The van der Waals surface area contributed by atoms with E-state index in [0.717, 1.165) is 5.69 Å². The van der Waals surface area contributed by atoms with Gasteiger partial charge in [0, 0.05) is 12.6 Å². The van der Waals surface area contributed by atoms with Crippen LogP contribution in [0, 0.1) is 6.92 Å². The fraction of sp³-hybridized carbons (Fsp3) is 0.545. The molecule has 4 nitrogen and oxygen atoms in total. The van der Waals surface area contributed by atoms with Crippen LogP contribution in [0.3, 0.4) is 0 Å². The molecule has 82 valence electrons. The monoisotopic (exact) mass is 207 g/mol. The molecule has 0 radical (unpaired) electrons. The van der Waals surface area contributed by atoms with Gasteiger partial charge in [0.1, 0.15) is 0 Å². The fourth-order valence-corrected chi connectivity index (χ4v) is 1.40. The van der Waals surface area contributed by atoms with Crippen LogP contribution >= 0.6 is 0 Å². The molecule has 0 N–H and O–H groups in total. The molecule has 1 aromatic rings. The van der Waals surface area contributed by atoms with E-state index in [-0.39, 0.29) is 11.9 Å². The molecule has 1 rings (SSSR count). The van der Waals surface area contributed by atoms with Gasteiger partial charge in [-0.2, -0.15) is 5.10 Å². The summed E-state index contributed by atoms with van der Waals surface area (Å²) in [5.41, 5.74) is 1.23. The zero-order valence-electron chi connectivity index (χ0n) is 9.69. The smallest absolute Gasteiger partial charge is 0.274 e. The summed E-state index contributed by atoms with van der Waals surface area (Å²) in [5, 5.41) is 7.77. The van der Waals surface area contributed by atoms with Crippen molar-refractivity contribution < 1.29 is 4.79 Å². The van der Waals surface area contributed by atoms with E-state index in [1.165, 1.54) is 0 Å². The van der Waals surface area contributed by atoms with Crippen LogP contribution in [0.5, 0.6) is 0 Å². The highest BCUT2D eigenvalue weighted by atomic mass is 16.2. The number of carbonyl (C=O) groups excluding carboxylic acids is 1. The quantitative estimate of drug-likeness (QED) is 0.757. The Hall–Kier alpha value is -1.45. The number of aryl methyl sites for hydroxylation is 1. The van der Waals surface area contributed by atoms with Gasteiger partial charge in [-0.1, -0.05) is 0 Å². The van der Waals surface area contributed by atoms with E-state index in [4.69, 9.17) is 0 Å². The number of amides is 1. The standard InChI is InChI=1S/C11H17N3O/c1-5-14(8(2)3)11(15)10-7-6-9(4)12-13-10/h6-8H,5H2,1-4H3. The Bertz CT molecular complexity index is 332. The van der Waals surface area contributed by atoms with Gasteiger partial charge in [-0.15, -0.1) is 5.10 Å². The highest BCUT2D eigenvalue weighted by Gasteiger charge is 2.18. The molecule has 0 saturated heterocycles. The molecular weight excluding hydrogens is 190 g/mol. The SMILES string of the molecule is CCN(C(=O)c1ccc(C)nn1)C(C)C. The van der Waals surface area contributed by atoms with E-state index in [1.807, 2.05) is 27.7 Å². The third-order valence-corrected chi connectivity index (χ3v) is 2.24. The van der Waals surface area contributed by atoms with Crippen molar-refractivity contribution in [1.82, 2.24) is 15.1 Å². The highest BCUT2D eigenvalue weighted by Crippen LogP contribution is 2.05. The first-order chi connectivity index (χ1) is 7.06. The summed E-state index contributed by atoms with van der Waals surface area (Å²) in [5.74, 6) is -0.0556. The van der Waals surface area contributed by atoms with Gasteiger partial charge in [-0.05, 0) is 39.8 Å². The van der Waals surface area contributed by atoms with Crippen molar-refractivity contribution in [3.63, 3.8) is 0 Å². The van der Waals surface area contributed by atoms with Crippen LogP contribution in [-0.4, -0.2) is 33.6 Å². The van der Waals surface area contributed by atoms with Crippen LogP contribution < -0.4 is 0 Å². The second-order valence-electron chi connectivity index (χ2n) is 3.74.